The third kappa shape index (κ3) is 1.98. The second kappa shape index (κ2) is 5.12. The first kappa shape index (κ1) is 13.3. The molecule has 6 heteroatoms. The van der Waals surface area contributed by atoms with Crippen LogP contribution in [0.15, 0.2) is 18.5 Å². The summed E-state index contributed by atoms with van der Waals surface area (Å²) in [5.41, 5.74) is 7.82. The van der Waals surface area contributed by atoms with Crippen molar-refractivity contribution in [3.63, 3.8) is 0 Å². The zero-order valence-corrected chi connectivity index (χ0v) is 12.6. The zero-order chi connectivity index (χ0) is 15.1. The van der Waals surface area contributed by atoms with Crippen LogP contribution in [-0.2, 0) is 0 Å². The van der Waals surface area contributed by atoms with Gasteiger partial charge >= 0.3 is 0 Å². The van der Waals surface area contributed by atoms with Crippen LogP contribution in [0.4, 0.5) is 5.95 Å². The number of pyridine rings is 1. The van der Waals surface area contributed by atoms with E-state index in [0.717, 1.165) is 21.9 Å². The molecule has 1 fully saturated rings. The van der Waals surface area contributed by atoms with Crippen molar-refractivity contribution in [3.8, 4) is 5.88 Å². The summed E-state index contributed by atoms with van der Waals surface area (Å²) in [4.78, 5) is 13.0. The number of nitrogens with two attached hydrogens (primary N) is 1. The van der Waals surface area contributed by atoms with Crippen LogP contribution in [-0.4, -0.2) is 26.6 Å². The van der Waals surface area contributed by atoms with E-state index in [1.165, 1.54) is 32.1 Å². The topological polar surface area (TPSA) is 78.9 Å². The van der Waals surface area contributed by atoms with Gasteiger partial charge in [0.1, 0.15) is 5.65 Å². The van der Waals surface area contributed by atoms with Gasteiger partial charge in [-0.05, 0) is 12.8 Å². The van der Waals surface area contributed by atoms with Crippen molar-refractivity contribution in [2.75, 3.05) is 12.8 Å². The normalized spacial score (nSPS) is 16.4. The van der Waals surface area contributed by atoms with Crippen molar-refractivity contribution < 1.29 is 4.74 Å². The molecule has 0 atom stereocenters. The first-order valence-electron chi connectivity index (χ1n) is 7.74. The van der Waals surface area contributed by atoms with E-state index in [1.807, 2.05) is 12.3 Å². The van der Waals surface area contributed by atoms with Gasteiger partial charge in [-0.2, -0.15) is 4.98 Å². The first-order valence-corrected chi connectivity index (χ1v) is 7.74. The number of fused-ring (bicyclic) bond motifs is 3. The Balaban J connectivity index is 2.03. The standard InChI is InChI=1S/C16H19N5O/c1-22-14-7-11-12-8-19-16(17)20-15(12)21(13(11)9-18-14)10-5-3-2-4-6-10/h7-10H,2-6H2,1H3,(H2,17,19,20). The van der Waals surface area contributed by atoms with Gasteiger partial charge in [0.2, 0.25) is 11.8 Å². The second-order valence-corrected chi connectivity index (χ2v) is 5.87. The van der Waals surface area contributed by atoms with E-state index in [1.54, 1.807) is 13.3 Å². The number of aromatic nitrogens is 4. The van der Waals surface area contributed by atoms with E-state index < -0.39 is 0 Å². The quantitative estimate of drug-likeness (QED) is 0.786. The highest BCUT2D eigenvalue weighted by Crippen LogP contribution is 2.37. The molecule has 0 radical (unpaired) electrons. The van der Waals surface area contributed by atoms with Crippen LogP contribution in [0.2, 0.25) is 0 Å². The molecule has 3 aromatic heterocycles. The third-order valence-electron chi connectivity index (χ3n) is 4.57. The van der Waals surface area contributed by atoms with Gasteiger partial charge < -0.3 is 15.0 Å². The van der Waals surface area contributed by atoms with E-state index >= 15 is 0 Å². The summed E-state index contributed by atoms with van der Waals surface area (Å²) in [6.07, 6.45) is 9.87. The second-order valence-electron chi connectivity index (χ2n) is 5.87. The molecule has 6 nitrogen and oxygen atoms in total. The summed E-state index contributed by atoms with van der Waals surface area (Å²) >= 11 is 0. The fourth-order valence-electron chi connectivity index (χ4n) is 3.53. The van der Waals surface area contributed by atoms with Gasteiger partial charge in [-0.1, -0.05) is 19.3 Å². The summed E-state index contributed by atoms with van der Waals surface area (Å²) < 4.78 is 7.56. The summed E-state index contributed by atoms with van der Waals surface area (Å²) in [6, 6.07) is 2.41. The molecule has 0 amide bonds. The molecule has 1 saturated carbocycles. The fraction of sp³-hybridized carbons (Fsp3) is 0.438. The Labute approximate surface area is 128 Å². The minimum atomic E-state index is 0.312. The lowest BCUT2D eigenvalue weighted by Gasteiger charge is -2.24. The maximum Gasteiger partial charge on any atom is 0.221 e. The number of nitrogen functional groups attached to an aromatic ring is 1. The maximum absolute atomic E-state index is 5.82. The van der Waals surface area contributed by atoms with E-state index in [4.69, 9.17) is 10.5 Å². The Morgan fingerprint density at radius 1 is 1.14 bits per heavy atom. The lowest BCUT2D eigenvalue weighted by Crippen LogP contribution is -2.13. The first-order chi connectivity index (χ1) is 10.8. The number of nitrogens with zero attached hydrogens (tertiary/aromatic N) is 4. The van der Waals surface area contributed by atoms with Crippen LogP contribution >= 0.6 is 0 Å². The van der Waals surface area contributed by atoms with Crippen molar-refractivity contribution >= 4 is 27.9 Å². The number of ether oxygens (including phenoxy) is 1. The lowest BCUT2D eigenvalue weighted by atomic mass is 9.95. The molecule has 3 aromatic rings. The highest BCUT2D eigenvalue weighted by molar-refractivity contribution is 6.06. The Morgan fingerprint density at radius 2 is 1.95 bits per heavy atom. The summed E-state index contributed by atoms with van der Waals surface area (Å²) in [6.45, 7) is 0. The predicted molar refractivity (Wildman–Crippen MR) is 85.9 cm³/mol. The highest BCUT2D eigenvalue weighted by atomic mass is 16.5. The molecular formula is C16H19N5O. The smallest absolute Gasteiger partial charge is 0.221 e. The van der Waals surface area contributed by atoms with Crippen molar-refractivity contribution in [2.45, 2.75) is 38.1 Å². The number of anilines is 1. The van der Waals surface area contributed by atoms with Crippen molar-refractivity contribution in [1.29, 1.82) is 0 Å². The molecule has 0 spiro atoms. The van der Waals surface area contributed by atoms with Gasteiger partial charge in [-0.25, -0.2) is 9.97 Å². The van der Waals surface area contributed by atoms with Gasteiger partial charge in [0.05, 0.1) is 18.8 Å². The van der Waals surface area contributed by atoms with Gasteiger partial charge in [0.15, 0.2) is 0 Å². The lowest BCUT2D eigenvalue weighted by molar-refractivity contribution is 0.365. The highest BCUT2D eigenvalue weighted by Gasteiger charge is 2.22. The van der Waals surface area contributed by atoms with E-state index in [0.29, 0.717) is 17.9 Å². The third-order valence-corrected chi connectivity index (χ3v) is 4.57. The predicted octanol–water partition coefficient (Wildman–Crippen LogP) is 3.08. The van der Waals surface area contributed by atoms with E-state index in [9.17, 15) is 0 Å². The number of rotatable bonds is 2. The molecule has 0 bridgehead atoms. The Hall–Kier alpha value is -2.37. The molecule has 0 aliphatic heterocycles. The van der Waals surface area contributed by atoms with Crippen LogP contribution in [0.5, 0.6) is 5.88 Å². The molecule has 4 rings (SSSR count). The molecule has 3 heterocycles. The molecule has 0 saturated heterocycles. The number of hydrogen-bond donors (Lipinski definition) is 1. The maximum atomic E-state index is 5.82. The molecule has 0 unspecified atom stereocenters. The summed E-state index contributed by atoms with van der Waals surface area (Å²) in [7, 11) is 1.63. The Kier molecular flexibility index (Phi) is 3.10. The molecule has 2 N–H and O–H groups in total. The molecule has 22 heavy (non-hydrogen) atoms. The van der Waals surface area contributed by atoms with Crippen LogP contribution in [0, 0.1) is 0 Å². The average molecular weight is 297 g/mol. The minimum absolute atomic E-state index is 0.312. The van der Waals surface area contributed by atoms with Gasteiger partial charge in [0, 0.05) is 29.1 Å². The largest absolute Gasteiger partial charge is 0.481 e. The van der Waals surface area contributed by atoms with Crippen LogP contribution in [0.25, 0.3) is 21.9 Å². The van der Waals surface area contributed by atoms with Crippen molar-refractivity contribution in [2.24, 2.45) is 0 Å². The monoisotopic (exact) mass is 297 g/mol. The SMILES string of the molecule is COc1cc2c3cnc(N)nc3n(C3CCCCC3)c2cn1. The van der Waals surface area contributed by atoms with E-state index in [-0.39, 0.29) is 0 Å². The fourth-order valence-corrected chi connectivity index (χ4v) is 3.53. The summed E-state index contributed by atoms with van der Waals surface area (Å²) in [5, 5.41) is 2.09. The molecule has 1 aliphatic rings. The van der Waals surface area contributed by atoms with E-state index in [2.05, 4.69) is 19.5 Å². The Morgan fingerprint density at radius 3 is 2.73 bits per heavy atom. The molecule has 1 aliphatic carbocycles. The molecule has 0 aromatic carbocycles. The Bertz CT molecular complexity index is 835. The number of methoxy groups -OCH3 is 1. The van der Waals surface area contributed by atoms with Crippen molar-refractivity contribution in [3.05, 3.63) is 18.5 Å². The summed E-state index contributed by atoms with van der Waals surface area (Å²) in [5.74, 6) is 0.916. The van der Waals surface area contributed by atoms with Gasteiger partial charge in [0.25, 0.3) is 0 Å². The van der Waals surface area contributed by atoms with Gasteiger partial charge in [-0.15, -0.1) is 0 Å². The number of hydrogen-bond acceptors (Lipinski definition) is 5. The minimum Gasteiger partial charge on any atom is -0.481 e. The molecular weight excluding hydrogens is 278 g/mol. The zero-order valence-electron chi connectivity index (χ0n) is 12.6. The van der Waals surface area contributed by atoms with Crippen LogP contribution in [0.1, 0.15) is 38.1 Å². The molecule has 114 valence electrons. The van der Waals surface area contributed by atoms with Crippen LogP contribution in [0.3, 0.4) is 0 Å². The average Bonchev–Trinajstić information content (AvgIpc) is 2.88. The van der Waals surface area contributed by atoms with Gasteiger partial charge in [-0.3, -0.25) is 0 Å². The van der Waals surface area contributed by atoms with Crippen LogP contribution < -0.4 is 10.5 Å². The van der Waals surface area contributed by atoms with Crippen molar-refractivity contribution in [1.82, 2.24) is 19.5 Å².